The Morgan fingerprint density at radius 3 is 2.53 bits per heavy atom. The molecule has 10 heteroatoms. The number of nitrogens with one attached hydrogen (secondary N) is 1. The van der Waals surface area contributed by atoms with Crippen LogP contribution in [0.25, 0.3) is 0 Å². The lowest BCUT2D eigenvalue weighted by molar-refractivity contribution is -0.390. The normalized spacial score (nSPS) is 11.3. The molecule has 0 saturated carbocycles. The highest BCUT2D eigenvalue weighted by atomic mass is 19.4. The molecule has 0 fully saturated rings. The van der Waals surface area contributed by atoms with Gasteiger partial charge in [0, 0.05) is 18.3 Å². The van der Waals surface area contributed by atoms with Crippen molar-refractivity contribution in [3.8, 4) is 5.88 Å². The van der Waals surface area contributed by atoms with E-state index in [0.717, 1.165) is 6.20 Å². The van der Waals surface area contributed by atoms with Crippen LogP contribution in [-0.2, 0) is 6.54 Å². The van der Waals surface area contributed by atoms with Gasteiger partial charge < -0.3 is 15.5 Å². The second kappa shape index (κ2) is 4.41. The maximum atomic E-state index is 11.9. The van der Waals surface area contributed by atoms with Crippen LogP contribution in [0, 0.1) is 10.1 Å². The van der Waals surface area contributed by atoms with Crippen molar-refractivity contribution < 1.29 is 22.8 Å². The van der Waals surface area contributed by atoms with Crippen molar-refractivity contribution in [2.24, 2.45) is 5.73 Å². The van der Waals surface area contributed by atoms with Gasteiger partial charge in [-0.3, -0.25) is 14.9 Å². The van der Waals surface area contributed by atoms with Crippen LogP contribution in [0.5, 0.6) is 5.88 Å². The van der Waals surface area contributed by atoms with E-state index >= 15 is 0 Å². The van der Waals surface area contributed by atoms with Crippen molar-refractivity contribution in [1.82, 2.24) is 4.98 Å². The molecule has 7 nitrogen and oxygen atoms in total. The molecule has 0 amide bonds. The van der Waals surface area contributed by atoms with Crippen LogP contribution < -0.4 is 15.9 Å². The van der Waals surface area contributed by atoms with Crippen LogP contribution in [0.4, 0.5) is 18.9 Å². The summed E-state index contributed by atoms with van der Waals surface area (Å²) in [4.78, 5) is 22.5. The Bertz CT molecular complexity index is 496. The SMILES string of the molecule is NCc1c[nH]c(OC(F)(F)F)c([N+](=O)[O-])c1=O. The largest absolute Gasteiger partial charge is 0.574 e. The average molecular weight is 253 g/mol. The number of H-pyrrole nitrogens is 1. The highest BCUT2D eigenvalue weighted by Gasteiger charge is 2.36. The molecular weight excluding hydrogens is 247 g/mol. The van der Waals surface area contributed by atoms with E-state index in [2.05, 4.69) is 4.74 Å². The molecule has 3 N–H and O–H groups in total. The molecule has 0 radical (unpaired) electrons. The van der Waals surface area contributed by atoms with Crippen LogP contribution in [0.1, 0.15) is 5.56 Å². The van der Waals surface area contributed by atoms with Gasteiger partial charge in [0.05, 0.1) is 4.92 Å². The van der Waals surface area contributed by atoms with Crippen molar-refractivity contribution in [3.63, 3.8) is 0 Å². The molecule has 1 aromatic heterocycles. The van der Waals surface area contributed by atoms with E-state index in [1.807, 2.05) is 4.98 Å². The number of rotatable bonds is 3. The van der Waals surface area contributed by atoms with Gasteiger partial charge in [0.2, 0.25) is 0 Å². The van der Waals surface area contributed by atoms with E-state index in [1.165, 1.54) is 0 Å². The maximum absolute atomic E-state index is 11.9. The fourth-order valence-corrected chi connectivity index (χ4v) is 1.05. The lowest BCUT2D eigenvalue weighted by Crippen LogP contribution is -2.23. The highest BCUT2D eigenvalue weighted by molar-refractivity contribution is 5.43. The monoisotopic (exact) mass is 253 g/mol. The summed E-state index contributed by atoms with van der Waals surface area (Å²) in [6, 6.07) is 0. The molecule has 1 rings (SSSR count). The summed E-state index contributed by atoms with van der Waals surface area (Å²) in [6.45, 7) is -0.345. The molecule has 0 spiro atoms. The van der Waals surface area contributed by atoms with Gasteiger partial charge in [-0.1, -0.05) is 0 Å². The zero-order valence-corrected chi connectivity index (χ0v) is 8.08. The molecule has 0 aromatic carbocycles. The molecule has 1 heterocycles. The topological polar surface area (TPSA) is 111 Å². The quantitative estimate of drug-likeness (QED) is 0.606. The summed E-state index contributed by atoms with van der Waals surface area (Å²) in [7, 11) is 0. The molecule has 1 aromatic rings. The number of nitrogens with two attached hydrogens (primary N) is 1. The smallest absolute Gasteiger partial charge is 0.382 e. The molecule has 0 aliphatic carbocycles. The number of pyridine rings is 1. The Hall–Kier alpha value is -2.10. The van der Waals surface area contributed by atoms with Crippen molar-refractivity contribution in [1.29, 1.82) is 0 Å². The third-order valence-electron chi connectivity index (χ3n) is 1.72. The number of halogens is 3. The van der Waals surface area contributed by atoms with Gasteiger partial charge in [0.15, 0.2) is 0 Å². The number of nitro groups is 1. The van der Waals surface area contributed by atoms with Gasteiger partial charge in [0.1, 0.15) is 0 Å². The Morgan fingerprint density at radius 2 is 2.12 bits per heavy atom. The van der Waals surface area contributed by atoms with Gasteiger partial charge in [0.25, 0.3) is 11.3 Å². The summed E-state index contributed by atoms with van der Waals surface area (Å²) in [5, 5.41) is 10.5. The predicted molar refractivity (Wildman–Crippen MR) is 48.3 cm³/mol. The number of ether oxygens (including phenoxy) is 1. The molecule has 0 bridgehead atoms. The Labute approximate surface area is 91.1 Å². The molecule has 17 heavy (non-hydrogen) atoms. The first-order chi connectivity index (χ1) is 7.76. The lowest BCUT2D eigenvalue weighted by Gasteiger charge is -2.08. The zero-order valence-electron chi connectivity index (χ0n) is 8.08. The van der Waals surface area contributed by atoms with Gasteiger partial charge in [-0.2, -0.15) is 0 Å². The zero-order chi connectivity index (χ0) is 13.2. The highest BCUT2D eigenvalue weighted by Crippen LogP contribution is 2.26. The minimum Gasteiger partial charge on any atom is -0.382 e. The molecule has 94 valence electrons. The van der Waals surface area contributed by atoms with Gasteiger partial charge >= 0.3 is 12.0 Å². The first-order valence-corrected chi connectivity index (χ1v) is 4.11. The fourth-order valence-electron chi connectivity index (χ4n) is 1.05. The summed E-state index contributed by atoms with van der Waals surface area (Å²) < 4.78 is 39.1. The Kier molecular flexibility index (Phi) is 3.36. The van der Waals surface area contributed by atoms with E-state index in [4.69, 9.17) is 5.73 Å². The Balaban J connectivity index is 3.37. The third kappa shape index (κ3) is 2.93. The summed E-state index contributed by atoms with van der Waals surface area (Å²) in [5.41, 5.74) is 2.33. The maximum Gasteiger partial charge on any atom is 0.574 e. The molecule has 0 unspecified atom stereocenters. The summed E-state index contributed by atoms with van der Waals surface area (Å²) in [6.07, 6.45) is -4.31. The number of aromatic nitrogens is 1. The molecule has 0 aliphatic rings. The number of hydrogen-bond acceptors (Lipinski definition) is 5. The number of hydrogen-bond donors (Lipinski definition) is 2. The fraction of sp³-hybridized carbons (Fsp3) is 0.286. The van der Waals surface area contributed by atoms with E-state index < -0.39 is 28.3 Å². The van der Waals surface area contributed by atoms with Crippen LogP contribution in [-0.4, -0.2) is 16.3 Å². The summed E-state index contributed by atoms with van der Waals surface area (Å²) >= 11 is 0. The minimum atomic E-state index is -5.14. The van der Waals surface area contributed by atoms with Crippen LogP contribution in [0.2, 0.25) is 0 Å². The van der Waals surface area contributed by atoms with Crippen LogP contribution >= 0.6 is 0 Å². The van der Waals surface area contributed by atoms with Crippen LogP contribution in [0.3, 0.4) is 0 Å². The first-order valence-electron chi connectivity index (χ1n) is 4.11. The van der Waals surface area contributed by atoms with E-state index in [1.54, 1.807) is 0 Å². The van der Waals surface area contributed by atoms with Crippen LogP contribution in [0.15, 0.2) is 11.0 Å². The van der Waals surface area contributed by atoms with Gasteiger partial charge in [-0.25, -0.2) is 0 Å². The molecular formula is C7H6F3N3O4. The summed E-state index contributed by atoms with van der Waals surface area (Å²) in [5.74, 6) is -1.27. The van der Waals surface area contributed by atoms with Crippen molar-refractivity contribution in [2.75, 3.05) is 0 Å². The van der Waals surface area contributed by atoms with E-state index in [9.17, 15) is 28.1 Å². The van der Waals surface area contributed by atoms with E-state index in [0.29, 0.717) is 0 Å². The van der Waals surface area contributed by atoms with E-state index in [-0.39, 0.29) is 12.1 Å². The number of aromatic amines is 1. The van der Waals surface area contributed by atoms with Crippen molar-refractivity contribution in [2.45, 2.75) is 12.9 Å². The second-order valence-electron chi connectivity index (χ2n) is 2.83. The molecule has 0 saturated heterocycles. The minimum absolute atomic E-state index is 0.216. The first kappa shape index (κ1) is 13.0. The standard InChI is InChI=1S/C7H6F3N3O4/c8-7(9,10)17-6-4(13(15)16)5(14)3(1-11)2-12-6/h2H,1,11H2,(H,12,14). The van der Waals surface area contributed by atoms with Crippen molar-refractivity contribution in [3.05, 3.63) is 32.1 Å². The Morgan fingerprint density at radius 1 is 1.53 bits per heavy atom. The average Bonchev–Trinajstić information content (AvgIpc) is 2.14. The molecule has 0 aliphatic heterocycles. The number of nitrogens with zero attached hydrogens (tertiary/aromatic N) is 1. The molecule has 0 atom stereocenters. The van der Waals surface area contributed by atoms with Crippen molar-refractivity contribution >= 4 is 5.69 Å². The predicted octanol–water partition coefficient (Wildman–Crippen LogP) is 0.640. The third-order valence-corrected chi connectivity index (χ3v) is 1.72. The lowest BCUT2D eigenvalue weighted by atomic mass is 10.2. The number of alkyl halides is 3. The second-order valence-corrected chi connectivity index (χ2v) is 2.83. The van der Waals surface area contributed by atoms with Gasteiger partial charge in [-0.05, 0) is 0 Å². The van der Waals surface area contributed by atoms with Gasteiger partial charge in [-0.15, -0.1) is 13.2 Å².